The quantitative estimate of drug-likeness (QED) is 0.512. The zero-order valence-electron chi connectivity index (χ0n) is 4.96. The van der Waals surface area contributed by atoms with Crippen LogP contribution in [0.2, 0.25) is 0 Å². The molecular formula is C4H10O4. The lowest BCUT2D eigenvalue weighted by molar-refractivity contribution is -0.287. The predicted octanol–water partition coefficient (Wildman–Crippen LogP) is -0.471. The number of ether oxygens (including phenoxy) is 3. The first-order chi connectivity index (χ1) is 3.85. The van der Waals surface area contributed by atoms with E-state index in [2.05, 4.69) is 14.2 Å². The molecule has 0 heterocycles. The zero-order chi connectivity index (χ0) is 6.41. The molecule has 0 spiro atoms. The first-order valence-electron chi connectivity index (χ1n) is 2.13. The summed E-state index contributed by atoms with van der Waals surface area (Å²) in [5.74, 6) is 0. The summed E-state index contributed by atoms with van der Waals surface area (Å²) in [6.07, 6.45) is 0. The van der Waals surface area contributed by atoms with Gasteiger partial charge in [0.15, 0.2) is 0 Å². The molecule has 0 saturated heterocycles. The third-order valence-electron chi connectivity index (χ3n) is 0.596. The van der Waals surface area contributed by atoms with Crippen LogP contribution in [0.1, 0.15) is 0 Å². The summed E-state index contributed by atoms with van der Waals surface area (Å²) in [6.45, 7) is -1.15. The highest BCUT2D eigenvalue weighted by Gasteiger charge is 2.00. The van der Waals surface area contributed by atoms with Gasteiger partial charge in [-0.1, -0.05) is 0 Å². The summed E-state index contributed by atoms with van der Waals surface area (Å²) in [7, 11) is 2.84. The largest absolute Gasteiger partial charge is 0.370 e. The fraction of sp³-hybridized carbons (Fsp3) is 1.00. The molecule has 0 aromatic rings. The van der Waals surface area contributed by atoms with Crippen LogP contribution < -0.4 is 0 Å². The maximum absolute atomic E-state index is 8.12. The Bertz CT molecular complexity index is 43.3. The van der Waals surface area contributed by atoms with Gasteiger partial charge in [-0.15, -0.1) is 0 Å². The van der Waals surface area contributed by atoms with Gasteiger partial charge in [-0.05, 0) is 0 Å². The van der Waals surface area contributed by atoms with Crippen molar-refractivity contribution in [1.29, 1.82) is 0 Å². The Kier molecular flexibility index (Phi) is 4.89. The van der Waals surface area contributed by atoms with Gasteiger partial charge in [0.1, 0.15) is 6.79 Å². The Hall–Kier alpha value is -0.160. The maximum Gasteiger partial charge on any atom is 0.273 e. The predicted molar refractivity (Wildman–Crippen MR) is 26.0 cm³/mol. The Morgan fingerprint density at radius 1 is 1.38 bits per heavy atom. The minimum Gasteiger partial charge on any atom is -0.370 e. The molecule has 0 unspecified atom stereocenters. The molecule has 0 fully saturated rings. The molecule has 1 N–H and O–H groups in total. The molecule has 0 bridgehead atoms. The van der Waals surface area contributed by atoms with Crippen molar-refractivity contribution in [2.75, 3.05) is 21.0 Å². The molecule has 0 aromatic heterocycles. The first-order valence-corrected chi connectivity index (χ1v) is 2.13. The Morgan fingerprint density at radius 3 is 2.00 bits per heavy atom. The van der Waals surface area contributed by atoms with Crippen LogP contribution in [0.3, 0.4) is 0 Å². The van der Waals surface area contributed by atoms with Gasteiger partial charge in [-0.2, -0.15) is 0 Å². The molecule has 0 aliphatic heterocycles. The number of rotatable bonds is 4. The lowest BCUT2D eigenvalue weighted by atomic mass is 11.2. The standard InChI is InChI=1S/C4H10O4/c1-6-4(7-2)8-3-5/h4-5H,3H2,1-2H3. The van der Waals surface area contributed by atoms with Gasteiger partial charge in [0.05, 0.1) is 0 Å². The van der Waals surface area contributed by atoms with Crippen molar-refractivity contribution in [2.24, 2.45) is 0 Å². The van der Waals surface area contributed by atoms with Crippen molar-refractivity contribution in [3.05, 3.63) is 0 Å². The number of aliphatic hydroxyl groups is 1. The Balaban J connectivity index is 3.07. The molecule has 4 heteroatoms. The Morgan fingerprint density at radius 2 is 1.88 bits per heavy atom. The highest BCUT2D eigenvalue weighted by atomic mass is 16.9. The average molecular weight is 122 g/mol. The minimum absolute atomic E-state index is 0.396. The van der Waals surface area contributed by atoms with E-state index in [0.717, 1.165) is 0 Å². The van der Waals surface area contributed by atoms with E-state index in [0.29, 0.717) is 0 Å². The number of hydrogen-bond donors (Lipinski definition) is 1. The van der Waals surface area contributed by atoms with Gasteiger partial charge in [-0.25, -0.2) is 0 Å². The molecule has 0 amide bonds. The van der Waals surface area contributed by atoms with E-state index in [1.54, 1.807) is 0 Å². The second-order valence-electron chi connectivity index (χ2n) is 1.06. The van der Waals surface area contributed by atoms with Crippen molar-refractivity contribution in [2.45, 2.75) is 6.48 Å². The highest BCUT2D eigenvalue weighted by molar-refractivity contribution is 4.10. The normalized spacial score (nSPS) is 10.5. The van der Waals surface area contributed by atoms with Crippen LogP contribution in [-0.4, -0.2) is 32.6 Å². The van der Waals surface area contributed by atoms with Crippen molar-refractivity contribution >= 4 is 0 Å². The Labute approximate surface area is 48.0 Å². The topological polar surface area (TPSA) is 47.9 Å². The molecule has 0 aliphatic carbocycles. The van der Waals surface area contributed by atoms with Crippen LogP contribution in [0, 0.1) is 0 Å². The van der Waals surface area contributed by atoms with Crippen LogP contribution in [-0.2, 0) is 14.2 Å². The summed E-state index contributed by atoms with van der Waals surface area (Å²) in [5, 5.41) is 8.12. The summed E-state index contributed by atoms with van der Waals surface area (Å²) >= 11 is 0. The van der Waals surface area contributed by atoms with E-state index in [4.69, 9.17) is 5.11 Å². The SMILES string of the molecule is COC(OC)OCO. The van der Waals surface area contributed by atoms with Gasteiger partial charge in [0.2, 0.25) is 0 Å². The summed E-state index contributed by atoms with van der Waals surface area (Å²) in [4.78, 5) is 0. The molecule has 0 atom stereocenters. The number of hydrogen-bond acceptors (Lipinski definition) is 4. The van der Waals surface area contributed by atoms with Crippen molar-refractivity contribution in [3.8, 4) is 0 Å². The molecule has 0 aromatic carbocycles. The van der Waals surface area contributed by atoms with E-state index in [1.165, 1.54) is 14.2 Å². The zero-order valence-corrected chi connectivity index (χ0v) is 4.96. The molecule has 0 saturated carbocycles. The van der Waals surface area contributed by atoms with Gasteiger partial charge in [-0.3, -0.25) is 0 Å². The second kappa shape index (κ2) is 4.99. The number of aliphatic hydroxyl groups excluding tert-OH is 1. The first kappa shape index (κ1) is 7.84. The fourth-order valence-corrected chi connectivity index (χ4v) is 0.293. The number of methoxy groups -OCH3 is 2. The average Bonchev–Trinajstić information content (AvgIpc) is 1.83. The molecular weight excluding hydrogens is 112 g/mol. The van der Waals surface area contributed by atoms with Crippen LogP contribution in [0.5, 0.6) is 0 Å². The second-order valence-corrected chi connectivity index (χ2v) is 1.06. The van der Waals surface area contributed by atoms with Crippen molar-refractivity contribution in [3.63, 3.8) is 0 Å². The lowest BCUT2D eigenvalue weighted by Gasteiger charge is -2.10. The van der Waals surface area contributed by atoms with E-state index >= 15 is 0 Å². The third kappa shape index (κ3) is 2.92. The fourth-order valence-electron chi connectivity index (χ4n) is 0.293. The van der Waals surface area contributed by atoms with E-state index in [9.17, 15) is 0 Å². The summed E-state index contributed by atoms with van der Waals surface area (Å²) in [6, 6.07) is 0. The van der Waals surface area contributed by atoms with Crippen LogP contribution >= 0.6 is 0 Å². The minimum atomic E-state index is -0.750. The maximum atomic E-state index is 8.12. The smallest absolute Gasteiger partial charge is 0.273 e. The van der Waals surface area contributed by atoms with Crippen LogP contribution in [0.25, 0.3) is 0 Å². The molecule has 0 rings (SSSR count). The van der Waals surface area contributed by atoms with Gasteiger partial charge < -0.3 is 19.3 Å². The van der Waals surface area contributed by atoms with Crippen molar-refractivity contribution < 1.29 is 19.3 Å². The van der Waals surface area contributed by atoms with E-state index in [1.807, 2.05) is 0 Å². The van der Waals surface area contributed by atoms with Gasteiger partial charge >= 0.3 is 0 Å². The molecule has 4 nitrogen and oxygen atoms in total. The lowest BCUT2D eigenvalue weighted by Crippen LogP contribution is -2.17. The molecule has 0 radical (unpaired) electrons. The van der Waals surface area contributed by atoms with Crippen LogP contribution in [0.15, 0.2) is 0 Å². The van der Waals surface area contributed by atoms with Gasteiger partial charge in [0, 0.05) is 14.2 Å². The van der Waals surface area contributed by atoms with Crippen LogP contribution in [0.4, 0.5) is 0 Å². The highest BCUT2D eigenvalue weighted by Crippen LogP contribution is 1.89. The molecule has 8 heavy (non-hydrogen) atoms. The van der Waals surface area contributed by atoms with E-state index in [-0.39, 0.29) is 0 Å². The van der Waals surface area contributed by atoms with E-state index < -0.39 is 13.3 Å². The summed E-state index contributed by atoms with van der Waals surface area (Å²) in [5.41, 5.74) is 0. The van der Waals surface area contributed by atoms with Crippen molar-refractivity contribution in [1.82, 2.24) is 0 Å². The third-order valence-corrected chi connectivity index (χ3v) is 0.596. The van der Waals surface area contributed by atoms with Gasteiger partial charge in [0.25, 0.3) is 6.48 Å². The molecule has 50 valence electrons. The summed E-state index contributed by atoms with van der Waals surface area (Å²) < 4.78 is 13.5. The molecule has 0 aliphatic rings. The monoisotopic (exact) mass is 122 g/mol.